The second kappa shape index (κ2) is 3.76. The molecule has 0 aromatic rings. The van der Waals surface area contributed by atoms with Gasteiger partial charge in [-0.2, -0.15) is 5.10 Å². The number of nitrogens with zero attached hydrogens (tertiary/aromatic N) is 2. The molecule has 1 rings (SSSR count). The molecule has 0 aromatic carbocycles. The first kappa shape index (κ1) is 7.79. The molecular weight excluding hydrogens is 144 g/mol. The summed E-state index contributed by atoms with van der Waals surface area (Å²) in [6.07, 6.45) is 5.89. The molecule has 1 aliphatic rings. The van der Waals surface area contributed by atoms with Crippen LogP contribution in [0.5, 0.6) is 0 Å². The summed E-state index contributed by atoms with van der Waals surface area (Å²) in [6.45, 7) is 3.33. The molecular formula is C7H12N2S. The second-order valence-corrected chi connectivity index (χ2v) is 3.37. The van der Waals surface area contributed by atoms with Gasteiger partial charge in [-0.1, -0.05) is 0 Å². The average Bonchev–Trinajstić information content (AvgIpc) is 2.71. The molecule has 0 N–H and O–H groups in total. The second-order valence-electron chi connectivity index (χ2n) is 2.49. The van der Waals surface area contributed by atoms with Crippen LogP contribution >= 0.6 is 11.8 Å². The minimum Gasteiger partial charge on any atom is -0.166 e. The highest BCUT2D eigenvalue weighted by molar-refractivity contribution is 8.13. The SMILES string of the molecule is C=N/N=C(/CC1CC1)SC. The zero-order chi connectivity index (χ0) is 7.40. The van der Waals surface area contributed by atoms with Crippen molar-refractivity contribution in [2.75, 3.05) is 6.26 Å². The van der Waals surface area contributed by atoms with Crippen molar-refractivity contribution in [2.45, 2.75) is 19.3 Å². The third-order valence-corrected chi connectivity index (χ3v) is 2.30. The normalized spacial score (nSPS) is 19.1. The Morgan fingerprint density at radius 2 is 2.40 bits per heavy atom. The molecule has 0 amide bonds. The molecule has 0 saturated heterocycles. The van der Waals surface area contributed by atoms with Crippen molar-refractivity contribution in [3.63, 3.8) is 0 Å². The molecule has 3 heteroatoms. The van der Waals surface area contributed by atoms with E-state index >= 15 is 0 Å². The first-order valence-electron chi connectivity index (χ1n) is 3.43. The third kappa shape index (κ3) is 2.52. The van der Waals surface area contributed by atoms with Crippen molar-refractivity contribution >= 4 is 23.5 Å². The van der Waals surface area contributed by atoms with Crippen LogP contribution in [-0.4, -0.2) is 18.0 Å². The quantitative estimate of drug-likeness (QED) is 0.349. The van der Waals surface area contributed by atoms with Crippen molar-refractivity contribution in [2.24, 2.45) is 16.1 Å². The molecule has 0 spiro atoms. The summed E-state index contributed by atoms with van der Waals surface area (Å²) in [5.74, 6) is 0.896. The molecule has 0 radical (unpaired) electrons. The number of hydrogen-bond acceptors (Lipinski definition) is 3. The zero-order valence-electron chi connectivity index (χ0n) is 6.21. The number of thioether (sulfide) groups is 1. The van der Waals surface area contributed by atoms with Crippen molar-refractivity contribution < 1.29 is 0 Å². The van der Waals surface area contributed by atoms with Crippen LogP contribution in [0.25, 0.3) is 0 Å². The summed E-state index contributed by atoms with van der Waals surface area (Å²) in [5, 5.41) is 8.54. The molecule has 0 aliphatic heterocycles. The van der Waals surface area contributed by atoms with Gasteiger partial charge in [0, 0.05) is 13.1 Å². The summed E-state index contributed by atoms with van der Waals surface area (Å²) < 4.78 is 0. The topological polar surface area (TPSA) is 24.7 Å². The maximum Gasteiger partial charge on any atom is 0.0958 e. The van der Waals surface area contributed by atoms with E-state index in [0.29, 0.717) is 0 Å². The summed E-state index contributed by atoms with van der Waals surface area (Å²) >= 11 is 1.68. The lowest BCUT2D eigenvalue weighted by Gasteiger charge is -1.96. The number of rotatable bonds is 3. The fourth-order valence-electron chi connectivity index (χ4n) is 0.813. The predicted octanol–water partition coefficient (Wildman–Crippen LogP) is 2.16. The van der Waals surface area contributed by atoms with E-state index in [2.05, 4.69) is 16.9 Å². The van der Waals surface area contributed by atoms with Crippen molar-refractivity contribution in [3.8, 4) is 0 Å². The van der Waals surface area contributed by atoms with E-state index in [4.69, 9.17) is 0 Å². The minimum absolute atomic E-state index is 0.896. The first-order chi connectivity index (χ1) is 4.86. The highest BCUT2D eigenvalue weighted by Gasteiger charge is 2.22. The van der Waals surface area contributed by atoms with Crippen molar-refractivity contribution in [3.05, 3.63) is 0 Å². The van der Waals surface area contributed by atoms with Gasteiger partial charge in [0.25, 0.3) is 0 Å². The van der Waals surface area contributed by atoms with Crippen LogP contribution in [0.15, 0.2) is 10.2 Å². The summed E-state index contributed by atoms with van der Waals surface area (Å²) in [6, 6.07) is 0. The Kier molecular flexibility index (Phi) is 2.93. The fourth-order valence-corrected chi connectivity index (χ4v) is 1.35. The predicted molar refractivity (Wildman–Crippen MR) is 47.8 cm³/mol. The Morgan fingerprint density at radius 1 is 1.70 bits per heavy atom. The monoisotopic (exact) mass is 156 g/mol. The van der Waals surface area contributed by atoms with Crippen LogP contribution in [0.3, 0.4) is 0 Å². The molecule has 1 aliphatic carbocycles. The van der Waals surface area contributed by atoms with E-state index < -0.39 is 0 Å². The van der Waals surface area contributed by atoms with Crippen LogP contribution in [-0.2, 0) is 0 Å². The highest BCUT2D eigenvalue weighted by Crippen LogP contribution is 2.34. The van der Waals surface area contributed by atoms with Crippen molar-refractivity contribution in [1.29, 1.82) is 0 Å². The van der Waals surface area contributed by atoms with E-state index in [0.717, 1.165) is 17.4 Å². The van der Waals surface area contributed by atoms with E-state index in [1.807, 2.05) is 6.26 Å². The Labute approximate surface area is 65.8 Å². The van der Waals surface area contributed by atoms with E-state index in [1.165, 1.54) is 12.8 Å². The van der Waals surface area contributed by atoms with Gasteiger partial charge >= 0.3 is 0 Å². The standard InChI is InChI=1S/C7H12N2S/c1-8-9-7(10-2)5-6-3-4-6/h6H,1,3-5H2,2H3/b9-7-. The molecule has 1 saturated carbocycles. The Hall–Kier alpha value is -0.310. The van der Waals surface area contributed by atoms with E-state index in [1.54, 1.807) is 11.8 Å². The largest absolute Gasteiger partial charge is 0.166 e. The van der Waals surface area contributed by atoms with Gasteiger partial charge in [-0.25, -0.2) is 0 Å². The molecule has 0 unspecified atom stereocenters. The maximum atomic E-state index is 3.92. The summed E-state index contributed by atoms with van der Waals surface area (Å²) in [5.41, 5.74) is 0. The van der Waals surface area contributed by atoms with Crippen LogP contribution in [0.4, 0.5) is 0 Å². The van der Waals surface area contributed by atoms with Gasteiger partial charge in [-0.15, -0.1) is 16.9 Å². The average molecular weight is 156 g/mol. The third-order valence-electron chi connectivity index (χ3n) is 1.58. The molecule has 1 fully saturated rings. The number of hydrogen-bond donors (Lipinski definition) is 0. The van der Waals surface area contributed by atoms with Crippen LogP contribution in [0.1, 0.15) is 19.3 Å². The molecule has 0 atom stereocenters. The van der Waals surface area contributed by atoms with E-state index in [-0.39, 0.29) is 0 Å². The van der Waals surface area contributed by atoms with Gasteiger partial charge in [-0.05, 0) is 25.0 Å². The van der Waals surface area contributed by atoms with Crippen molar-refractivity contribution in [1.82, 2.24) is 0 Å². The maximum absolute atomic E-state index is 3.92. The van der Waals surface area contributed by atoms with Crippen LogP contribution in [0, 0.1) is 5.92 Å². The lowest BCUT2D eigenvalue weighted by molar-refractivity contribution is 0.899. The van der Waals surface area contributed by atoms with Gasteiger partial charge in [-0.3, -0.25) is 0 Å². The van der Waals surface area contributed by atoms with Gasteiger partial charge in [0.05, 0.1) is 5.04 Å². The first-order valence-corrected chi connectivity index (χ1v) is 4.66. The molecule has 10 heavy (non-hydrogen) atoms. The lowest BCUT2D eigenvalue weighted by Crippen LogP contribution is -1.91. The zero-order valence-corrected chi connectivity index (χ0v) is 7.02. The fraction of sp³-hybridized carbons (Fsp3) is 0.714. The van der Waals surface area contributed by atoms with Crippen LogP contribution in [0.2, 0.25) is 0 Å². The molecule has 0 heterocycles. The smallest absolute Gasteiger partial charge is 0.0958 e. The van der Waals surface area contributed by atoms with Gasteiger partial charge < -0.3 is 0 Å². The Balaban J connectivity index is 2.30. The van der Waals surface area contributed by atoms with E-state index in [9.17, 15) is 0 Å². The highest BCUT2D eigenvalue weighted by atomic mass is 32.2. The molecule has 2 nitrogen and oxygen atoms in total. The lowest BCUT2D eigenvalue weighted by atomic mass is 10.3. The molecule has 0 aromatic heterocycles. The minimum atomic E-state index is 0.896. The Bertz CT molecular complexity index is 150. The van der Waals surface area contributed by atoms with Gasteiger partial charge in [0.2, 0.25) is 0 Å². The van der Waals surface area contributed by atoms with Crippen LogP contribution < -0.4 is 0 Å². The molecule has 0 bridgehead atoms. The Morgan fingerprint density at radius 3 is 2.80 bits per heavy atom. The summed E-state index contributed by atoms with van der Waals surface area (Å²) in [4.78, 5) is 0. The molecule has 56 valence electrons. The summed E-state index contributed by atoms with van der Waals surface area (Å²) in [7, 11) is 0. The van der Waals surface area contributed by atoms with Gasteiger partial charge in [0.1, 0.15) is 0 Å². The van der Waals surface area contributed by atoms with Gasteiger partial charge in [0.15, 0.2) is 0 Å².